The molecule has 1 unspecified atom stereocenters. The van der Waals surface area contributed by atoms with Crippen LogP contribution in [0.4, 0.5) is 4.39 Å². The zero-order chi connectivity index (χ0) is 13.8. The SMILES string of the molecule is CC(N)Cc1c(F)cccc1Oc1ccccc1Cl. The average molecular weight is 280 g/mol. The first kappa shape index (κ1) is 13.8. The minimum Gasteiger partial charge on any atom is -0.455 e. The van der Waals surface area contributed by atoms with Crippen LogP contribution in [-0.2, 0) is 6.42 Å². The summed E-state index contributed by atoms with van der Waals surface area (Å²) < 4.78 is 19.5. The summed E-state index contributed by atoms with van der Waals surface area (Å²) >= 11 is 6.03. The standard InChI is InChI=1S/C15H15ClFNO/c1-10(18)9-11-13(17)6-4-8-14(11)19-15-7-3-2-5-12(15)16/h2-8,10H,9,18H2,1H3. The van der Waals surface area contributed by atoms with E-state index in [1.807, 2.05) is 19.1 Å². The van der Waals surface area contributed by atoms with Crippen molar-refractivity contribution in [3.05, 3.63) is 58.9 Å². The van der Waals surface area contributed by atoms with Crippen LogP contribution in [0, 0.1) is 5.82 Å². The van der Waals surface area contributed by atoms with Crippen LogP contribution in [0.1, 0.15) is 12.5 Å². The zero-order valence-corrected chi connectivity index (χ0v) is 11.3. The van der Waals surface area contributed by atoms with Gasteiger partial charge in [0, 0.05) is 11.6 Å². The highest BCUT2D eigenvalue weighted by atomic mass is 35.5. The van der Waals surface area contributed by atoms with Gasteiger partial charge in [0.1, 0.15) is 17.3 Å². The first-order valence-electron chi connectivity index (χ1n) is 6.03. The van der Waals surface area contributed by atoms with E-state index in [4.69, 9.17) is 22.1 Å². The molecule has 1 atom stereocenters. The summed E-state index contributed by atoms with van der Waals surface area (Å²) in [6, 6.07) is 11.7. The summed E-state index contributed by atoms with van der Waals surface area (Å²) in [4.78, 5) is 0. The minimum absolute atomic E-state index is 0.148. The van der Waals surface area contributed by atoms with Gasteiger partial charge in [-0.25, -0.2) is 4.39 Å². The molecule has 2 rings (SSSR count). The van der Waals surface area contributed by atoms with Crippen molar-refractivity contribution in [2.45, 2.75) is 19.4 Å². The lowest BCUT2D eigenvalue weighted by Gasteiger charge is -2.14. The predicted octanol–water partition coefficient (Wildman–Crippen LogP) is 4.16. The van der Waals surface area contributed by atoms with Crippen molar-refractivity contribution in [3.8, 4) is 11.5 Å². The van der Waals surface area contributed by atoms with Gasteiger partial charge in [-0.1, -0.05) is 29.8 Å². The number of nitrogens with two attached hydrogens (primary N) is 1. The van der Waals surface area contributed by atoms with E-state index in [1.165, 1.54) is 6.07 Å². The summed E-state index contributed by atoms with van der Waals surface area (Å²) in [5, 5.41) is 0.485. The number of rotatable bonds is 4. The van der Waals surface area contributed by atoms with Gasteiger partial charge in [-0.3, -0.25) is 0 Å². The van der Waals surface area contributed by atoms with Gasteiger partial charge in [-0.15, -0.1) is 0 Å². The van der Waals surface area contributed by atoms with E-state index in [1.54, 1.807) is 24.3 Å². The highest BCUT2D eigenvalue weighted by molar-refractivity contribution is 6.32. The molecule has 0 bridgehead atoms. The molecule has 0 heterocycles. The first-order valence-corrected chi connectivity index (χ1v) is 6.41. The van der Waals surface area contributed by atoms with Crippen LogP contribution < -0.4 is 10.5 Å². The second kappa shape index (κ2) is 6.04. The van der Waals surface area contributed by atoms with Crippen LogP contribution in [0.25, 0.3) is 0 Å². The van der Waals surface area contributed by atoms with E-state index >= 15 is 0 Å². The Bertz CT molecular complexity index is 572. The molecule has 2 nitrogen and oxygen atoms in total. The Morgan fingerprint density at radius 2 is 1.84 bits per heavy atom. The fourth-order valence-electron chi connectivity index (χ4n) is 1.80. The molecule has 2 aromatic rings. The van der Waals surface area contributed by atoms with Crippen LogP contribution in [0.5, 0.6) is 11.5 Å². The summed E-state index contributed by atoms with van der Waals surface area (Å²) in [7, 11) is 0. The minimum atomic E-state index is -0.318. The lowest BCUT2D eigenvalue weighted by Crippen LogP contribution is -2.19. The van der Waals surface area contributed by atoms with Crippen molar-refractivity contribution in [1.29, 1.82) is 0 Å². The van der Waals surface area contributed by atoms with E-state index in [-0.39, 0.29) is 11.9 Å². The third kappa shape index (κ3) is 3.46. The Morgan fingerprint density at radius 1 is 1.16 bits per heavy atom. The molecule has 100 valence electrons. The number of halogens is 2. The Morgan fingerprint density at radius 3 is 2.53 bits per heavy atom. The Kier molecular flexibility index (Phi) is 4.40. The zero-order valence-electron chi connectivity index (χ0n) is 10.6. The molecular weight excluding hydrogens is 265 g/mol. The fourth-order valence-corrected chi connectivity index (χ4v) is 1.97. The van der Waals surface area contributed by atoms with Crippen LogP contribution in [0.3, 0.4) is 0 Å². The summed E-state index contributed by atoms with van der Waals surface area (Å²) in [6.07, 6.45) is 0.409. The molecule has 0 aliphatic carbocycles. The van der Waals surface area contributed by atoms with Crippen LogP contribution in [0.2, 0.25) is 5.02 Å². The molecule has 2 aromatic carbocycles. The van der Waals surface area contributed by atoms with Gasteiger partial charge < -0.3 is 10.5 Å². The Balaban J connectivity index is 2.35. The largest absolute Gasteiger partial charge is 0.455 e. The number of benzene rings is 2. The molecule has 0 aliphatic heterocycles. The van der Waals surface area contributed by atoms with Crippen molar-refractivity contribution in [2.24, 2.45) is 5.73 Å². The third-order valence-corrected chi connectivity index (χ3v) is 2.97. The van der Waals surface area contributed by atoms with Gasteiger partial charge in [-0.2, -0.15) is 0 Å². The van der Waals surface area contributed by atoms with Crippen molar-refractivity contribution >= 4 is 11.6 Å². The molecule has 0 spiro atoms. The van der Waals surface area contributed by atoms with Crippen molar-refractivity contribution in [1.82, 2.24) is 0 Å². The molecule has 0 aliphatic rings. The van der Waals surface area contributed by atoms with Gasteiger partial charge >= 0.3 is 0 Å². The number of hydrogen-bond donors (Lipinski definition) is 1. The second-order valence-corrected chi connectivity index (χ2v) is 4.84. The van der Waals surface area contributed by atoms with E-state index < -0.39 is 0 Å². The summed E-state index contributed by atoms with van der Waals surface area (Å²) in [5.74, 6) is 0.632. The highest BCUT2D eigenvalue weighted by Gasteiger charge is 2.13. The third-order valence-electron chi connectivity index (χ3n) is 2.66. The fraction of sp³-hybridized carbons (Fsp3) is 0.200. The van der Waals surface area contributed by atoms with Gasteiger partial charge in [0.2, 0.25) is 0 Å². The monoisotopic (exact) mass is 279 g/mol. The predicted molar refractivity (Wildman–Crippen MR) is 75.3 cm³/mol. The maximum Gasteiger partial charge on any atom is 0.146 e. The van der Waals surface area contributed by atoms with Crippen LogP contribution in [-0.4, -0.2) is 6.04 Å². The van der Waals surface area contributed by atoms with E-state index in [0.29, 0.717) is 28.5 Å². The van der Waals surface area contributed by atoms with Crippen molar-refractivity contribution < 1.29 is 9.13 Å². The normalized spacial score (nSPS) is 12.2. The molecule has 0 fully saturated rings. The average Bonchev–Trinajstić information content (AvgIpc) is 2.36. The van der Waals surface area contributed by atoms with Gasteiger partial charge in [-0.05, 0) is 37.6 Å². The quantitative estimate of drug-likeness (QED) is 0.912. The molecule has 0 saturated heterocycles. The van der Waals surface area contributed by atoms with E-state index in [0.717, 1.165) is 0 Å². The highest BCUT2D eigenvalue weighted by Crippen LogP contribution is 2.32. The number of hydrogen-bond acceptors (Lipinski definition) is 2. The molecule has 0 saturated carbocycles. The van der Waals surface area contributed by atoms with E-state index in [9.17, 15) is 4.39 Å². The van der Waals surface area contributed by atoms with Crippen LogP contribution in [0.15, 0.2) is 42.5 Å². The van der Waals surface area contributed by atoms with Crippen LogP contribution >= 0.6 is 11.6 Å². The molecule has 0 radical (unpaired) electrons. The Hall–Kier alpha value is -1.58. The van der Waals surface area contributed by atoms with Gasteiger partial charge in [0.05, 0.1) is 5.02 Å². The molecule has 0 amide bonds. The molecular formula is C15H15ClFNO. The Labute approximate surface area is 117 Å². The lowest BCUT2D eigenvalue weighted by atomic mass is 10.1. The summed E-state index contributed by atoms with van der Waals surface area (Å²) in [5.41, 5.74) is 6.21. The smallest absolute Gasteiger partial charge is 0.146 e. The topological polar surface area (TPSA) is 35.2 Å². The van der Waals surface area contributed by atoms with E-state index in [2.05, 4.69) is 0 Å². The lowest BCUT2D eigenvalue weighted by molar-refractivity contribution is 0.464. The summed E-state index contributed by atoms with van der Waals surface area (Å²) in [6.45, 7) is 1.83. The first-order chi connectivity index (χ1) is 9.08. The molecule has 19 heavy (non-hydrogen) atoms. The number of ether oxygens (including phenoxy) is 1. The molecule has 0 aromatic heterocycles. The molecule has 2 N–H and O–H groups in total. The van der Waals surface area contributed by atoms with Gasteiger partial charge in [0.25, 0.3) is 0 Å². The molecule has 4 heteroatoms. The van der Waals surface area contributed by atoms with Gasteiger partial charge in [0.15, 0.2) is 0 Å². The number of para-hydroxylation sites is 1. The van der Waals surface area contributed by atoms with Crippen molar-refractivity contribution in [2.75, 3.05) is 0 Å². The van der Waals surface area contributed by atoms with Crippen molar-refractivity contribution in [3.63, 3.8) is 0 Å². The maximum absolute atomic E-state index is 13.8. The maximum atomic E-state index is 13.8. The second-order valence-electron chi connectivity index (χ2n) is 4.43.